The number of aryl methyl sites for hydroxylation is 1. The van der Waals surface area contributed by atoms with Crippen LogP contribution in [0.3, 0.4) is 0 Å². The van der Waals surface area contributed by atoms with Crippen molar-refractivity contribution in [3.8, 4) is 11.8 Å². The summed E-state index contributed by atoms with van der Waals surface area (Å²) in [5.74, 6) is 0. The summed E-state index contributed by atoms with van der Waals surface area (Å²) < 4.78 is 3.36. The van der Waals surface area contributed by atoms with E-state index >= 15 is 0 Å². The molecule has 23 heavy (non-hydrogen) atoms. The third-order valence-electron chi connectivity index (χ3n) is 4.20. The van der Waals surface area contributed by atoms with E-state index in [0.29, 0.717) is 5.56 Å². The zero-order chi connectivity index (χ0) is 16.0. The molecule has 0 saturated heterocycles. The topological polar surface area (TPSA) is 28.7 Å². The maximum atomic E-state index is 9.20. The molecule has 1 heterocycles. The van der Waals surface area contributed by atoms with Gasteiger partial charge in [0.2, 0.25) is 0 Å². The van der Waals surface area contributed by atoms with Gasteiger partial charge in [-0.3, -0.25) is 0 Å². The Balaban J connectivity index is 2.16. The summed E-state index contributed by atoms with van der Waals surface area (Å²) in [6.45, 7) is 2.09. The van der Waals surface area contributed by atoms with Crippen LogP contribution >= 0.6 is 15.9 Å². The predicted octanol–water partition coefficient (Wildman–Crippen LogP) is 5.73. The van der Waals surface area contributed by atoms with Gasteiger partial charge in [0.15, 0.2) is 0 Å². The molecule has 0 spiro atoms. The van der Waals surface area contributed by atoms with Gasteiger partial charge >= 0.3 is 0 Å². The first-order chi connectivity index (χ1) is 11.2. The molecule has 0 aliphatic rings. The van der Waals surface area contributed by atoms with Gasteiger partial charge in [-0.05, 0) is 55.0 Å². The van der Waals surface area contributed by atoms with Crippen LogP contribution in [0.1, 0.15) is 11.1 Å². The van der Waals surface area contributed by atoms with Crippen LogP contribution in [0.5, 0.6) is 0 Å². The molecule has 4 aromatic rings. The number of nitriles is 1. The lowest BCUT2D eigenvalue weighted by Gasteiger charge is -2.09. The van der Waals surface area contributed by atoms with Crippen molar-refractivity contribution >= 4 is 37.7 Å². The van der Waals surface area contributed by atoms with Gasteiger partial charge in [0.05, 0.1) is 22.7 Å². The van der Waals surface area contributed by atoms with Crippen molar-refractivity contribution in [3.05, 3.63) is 76.3 Å². The highest BCUT2D eigenvalue weighted by atomic mass is 79.9. The van der Waals surface area contributed by atoms with Crippen molar-refractivity contribution in [2.75, 3.05) is 0 Å². The van der Waals surface area contributed by atoms with E-state index in [1.54, 1.807) is 0 Å². The zero-order valence-electron chi connectivity index (χ0n) is 12.5. The van der Waals surface area contributed by atoms with E-state index in [1.807, 2.05) is 24.3 Å². The lowest BCUT2D eigenvalue weighted by atomic mass is 10.1. The molecule has 3 aromatic carbocycles. The molecule has 1 aromatic heterocycles. The molecule has 0 amide bonds. The number of halogens is 1. The standard InChI is InChI=1S/C20H13BrN2/c1-13-10-15(7-8-18(13)21)23-19-5-3-2-4-16(19)17-11-14(12-22)6-9-20(17)23/h2-11H,1H3. The third kappa shape index (κ3) is 2.15. The fraction of sp³-hybridized carbons (Fsp3) is 0.0500. The monoisotopic (exact) mass is 360 g/mol. The highest BCUT2D eigenvalue weighted by molar-refractivity contribution is 9.10. The maximum absolute atomic E-state index is 9.20. The molecule has 0 aliphatic carbocycles. The first-order valence-electron chi connectivity index (χ1n) is 7.39. The number of hydrogen-bond acceptors (Lipinski definition) is 1. The fourth-order valence-electron chi connectivity index (χ4n) is 3.09. The summed E-state index contributed by atoms with van der Waals surface area (Å²) in [6, 6.07) is 22.8. The number of nitrogens with zero attached hydrogens (tertiary/aromatic N) is 2. The molecule has 0 aliphatic heterocycles. The average molecular weight is 361 g/mol. The van der Waals surface area contributed by atoms with Crippen molar-refractivity contribution in [1.82, 2.24) is 4.57 Å². The van der Waals surface area contributed by atoms with Crippen LogP contribution in [-0.2, 0) is 0 Å². The summed E-state index contributed by atoms with van der Waals surface area (Å²) in [6.07, 6.45) is 0. The summed E-state index contributed by atoms with van der Waals surface area (Å²) >= 11 is 3.57. The third-order valence-corrected chi connectivity index (χ3v) is 5.09. The van der Waals surface area contributed by atoms with Crippen molar-refractivity contribution in [3.63, 3.8) is 0 Å². The Labute approximate surface area is 142 Å². The summed E-state index contributed by atoms with van der Waals surface area (Å²) in [5.41, 5.74) is 5.28. The molecule has 0 saturated carbocycles. The molecule has 0 unspecified atom stereocenters. The zero-order valence-corrected chi connectivity index (χ0v) is 14.1. The molecule has 0 radical (unpaired) electrons. The Kier molecular flexibility index (Phi) is 3.21. The molecule has 0 fully saturated rings. The Bertz CT molecular complexity index is 1100. The molecular formula is C20H13BrN2. The number of aromatic nitrogens is 1. The minimum absolute atomic E-state index is 0.687. The van der Waals surface area contributed by atoms with E-state index < -0.39 is 0 Å². The Morgan fingerprint density at radius 1 is 0.913 bits per heavy atom. The van der Waals surface area contributed by atoms with Gasteiger partial charge in [-0.2, -0.15) is 5.26 Å². The van der Waals surface area contributed by atoms with Gasteiger partial charge < -0.3 is 4.57 Å². The van der Waals surface area contributed by atoms with Gasteiger partial charge in [-0.15, -0.1) is 0 Å². The largest absolute Gasteiger partial charge is 0.309 e. The van der Waals surface area contributed by atoms with E-state index in [1.165, 1.54) is 10.9 Å². The van der Waals surface area contributed by atoms with Crippen LogP contribution in [0, 0.1) is 18.3 Å². The SMILES string of the molecule is Cc1cc(-n2c3ccccc3c3cc(C#N)ccc32)ccc1Br. The van der Waals surface area contributed by atoms with Gasteiger partial charge in [0.1, 0.15) is 0 Å². The van der Waals surface area contributed by atoms with Crippen molar-refractivity contribution in [2.45, 2.75) is 6.92 Å². The van der Waals surface area contributed by atoms with Crippen molar-refractivity contribution < 1.29 is 0 Å². The number of rotatable bonds is 1. The molecule has 0 N–H and O–H groups in total. The lowest BCUT2D eigenvalue weighted by Crippen LogP contribution is -1.94. The molecule has 3 heteroatoms. The van der Waals surface area contributed by atoms with E-state index in [2.05, 4.69) is 69.9 Å². The van der Waals surface area contributed by atoms with Crippen LogP contribution in [0.25, 0.3) is 27.5 Å². The normalized spacial score (nSPS) is 11.0. The Hall–Kier alpha value is -2.57. The molecular weight excluding hydrogens is 348 g/mol. The first-order valence-corrected chi connectivity index (χ1v) is 8.18. The van der Waals surface area contributed by atoms with Crippen molar-refractivity contribution in [2.24, 2.45) is 0 Å². The van der Waals surface area contributed by atoms with Crippen LogP contribution in [-0.4, -0.2) is 4.57 Å². The molecule has 4 rings (SSSR count). The van der Waals surface area contributed by atoms with Gasteiger partial charge in [0, 0.05) is 20.9 Å². The molecule has 0 bridgehead atoms. The van der Waals surface area contributed by atoms with Crippen molar-refractivity contribution in [1.29, 1.82) is 5.26 Å². The number of hydrogen-bond donors (Lipinski definition) is 0. The fourth-order valence-corrected chi connectivity index (χ4v) is 3.34. The van der Waals surface area contributed by atoms with E-state index in [4.69, 9.17) is 0 Å². The van der Waals surface area contributed by atoms with E-state index in [0.717, 1.165) is 26.6 Å². The first kappa shape index (κ1) is 14.0. The number of benzene rings is 3. The van der Waals surface area contributed by atoms with E-state index in [9.17, 15) is 5.26 Å². The van der Waals surface area contributed by atoms with E-state index in [-0.39, 0.29) is 0 Å². The highest BCUT2D eigenvalue weighted by Crippen LogP contribution is 2.33. The van der Waals surface area contributed by atoms with Crippen LogP contribution in [0.2, 0.25) is 0 Å². The number of para-hydroxylation sites is 1. The Morgan fingerprint density at radius 3 is 2.48 bits per heavy atom. The van der Waals surface area contributed by atoms with Crippen LogP contribution in [0.15, 0.2) is 65.1 Å². The maximum Gasteiger partial charge on any atom is 0.0991 e. The van der Waals surface area contributed by atoms with Crippen LogP contribution < -0.4 is 0 Å². The number of fused-ring (bicyclic) bond motifs is 3. The minimum Gasteiger partial charge on any atom is -0.309 e. The van der Waals surface area contributed by atoms with Gasteiger partial charge in [-0.1, -0.05) is 34.1 Å². The molecule has 110 valence electrons. The second-order valence-electron chi connectivity index (χ2n) is 5.63. The summed E-state index contributed by atoms with van der Waals surface area (Å²) in [7, 11) is 0. The second-order valence-corrected chi connectivity index (χ2v) is 6.48. The molecule has 2 nitrogen and oxygen atoms in total. The smallest absolute Gasteiger partial charge is 0.0991 e. The predicted molar refractivity (Wildman–Crippen MR) is 97.9 cm³/mol. The van der Waals surface area contributed by atoms with Crippen LogP contribution in [0.4, 0.5) is 0 Å². The second kappa shape index (κ2) is 5.26. The highest BCUT2D eigenvalue weighted by Gasteiger charge is 2.12. The lowest BCUT2D eigenvalue weighted by molar-refractivity contribution is 1.17. The molecule has 0 atom stereocenters. The quantitative estimate of drug-likeness (QED) is 0.426. The van der Waals surface area contributed by atoms with Gasteiger partial charge in [-0.25, -0.2) is 0 Å². The summed E-state index contributed by atoms with van der Waals surface area (Å²) in [4.78, 5) is 0. The average Bonchev–Trinajstić information content (AvgIpc) is 2.91. The summed E-state index contributed by atoms with van der Waals surface area (Å²) in [5, 5.41) is 11.5. The minimum atomic E-state index is 0.687. The Morgan fingerprint density at radius 2 is 1.70 bits per heavy atom. The van der Waals surface area contributed by atoms with Gasteiger partial charge in [0.25, 0.3) is 0 Å².